The number of aliphatic hydroxyl groups excluding tert-OH is 1. The lowest BCUT2D eigenvalue weighted by molar-refractivity contribution is 0.299. The predicted octanol–water partition coefficient (Wildman–Crippen LogP) is 1.11. The summed E-state index contributed by atoms with van der Waals surface area (Å²) in [6.45, 7) is 2.14. The Morgan fingerprint density at radius 3 is 3.07 bits per heavy atom. The zero-order valence-electron chi connectivity index (χ0n) is 8.59. The molecule has 0 aliphatic heterocycles. The van der Waals surface area contributed by atoms with Crippen molar-refractivity contribution >= 4 is 0 Å². The molecule has 0 bridgehead atoms. The van der Waals surface area contributed by atoms with Gasteiger partial charge in [-0.15, -0.1) is 0 Å². The van der Waals surface area contributed by atoms with Crippen molar-refractivity contribution in [2.75, 3.05) is 6.61 Å². The van der Waals surface area contributed by atoms with E-state index < -0.39 is 0 Å². The van der Waals surface area contributed by atoms with Gasteiger partial charge in [0, 0.05) is 19.0 Å². The second-order valence-electron chi connectivity index (χ2n) is 3.41. The standard InChI is InChI=1S/C11H13N3O/c1-9-3-2-5-12-11(9)14-8-10(4-6-15)7-13-14/h2-3,5,7-8,15H,4,6H2,1H3. The quantitative estimate of drug-likeness (QED) is 0.813. The first-order valence-electron chi connectivity index (χ1n) is 4.87. The molecule has 78 valence electrons. The Morgan fingerprint density at radius 1 is 1.47 bits per heavy atom. The van der Waals surface area contributed by atoms with Crippen LogP contribution in [0, 0.1) is 6.92 Å². The Balaban J connectivity index is 2.33. The number of aliphatic hydroxyl groups is 1. The molecular weight excluding hydrogens is 190 g/mol. The van der Waals surface area contributed by atoms with Gasteiger partial charge in [-0.05, 0) is 30.5 Å². The molecule has 0 radical (unpaired) electrons. The van der Waals surface area contributed by atoms with Crippen molar-refractivity contribution in [3.8, 4) is 5.82 Å². The summed E-state index contributed by atoms with van der Waals surface area (Å²) in [5.41, 5.74) is 2.10. The van der Waals surface area contributed by atoms with Crippen LogP contribution in [0.15, 0.2) is 30.7 Å². The molecule has 0 saturated carbocycles. The van der Waals surface area contributed by atoms with Gasteiger partial charge in [0.15, 0.2) is 5.82 Å². The van der Waals surface area contributed by atoms with Crippen molar-refractivity contribution in [1.29, 1.82) is 0 Å². The lowest BCUT2D eigenvalue weighted by atomic mass is 10.3. The largest absolute Gasteiger partial charge is 0.396 e. The summed E-state index contributed by atoms with van der Waals surface area (Å²) < 4.78 is 1.74. The van der Waals surface area contributed by atoms with Gasteiger partial charge in [-0.2, -0.15) is 5.10 Å². The average molecular weight is 203 g/mol. The molecule has 0 fully saturated rings. The fourth-order valence-corrected chi connectivity index (χ4v) is 1.45. The molecule has 2 rings (SSSR count). The minimum absolute atomic E-state index is 0.146. The van der Waals surface area contributed by atoms with E-state index in [9.17, 15) is 0 Å². The van der Waals surface area contributed by atoms with Gasteiger partial charge in [0.1, 0.15) is 0 Å². The van der Waals surface area contributed by atoms with Gasteiger partial charge < -0.3 is 5.11 Å². The van der Waals surface area contributed by atoms with Gasteiger partial charge in [0.05, 0.1) is 6.20 Å². The Kier molecular flexibility index (Phi) is 2.78. The molecule has 0 unspecified atom stereocenters. The second kappa shape index (κ2) is 4.23. The van der Waals surface area contributed by atoms with Gasteiger partial charge in [-0.25, -0.2) is 9.67 Å². The zero-order valence-corrected chi connectivity index (χ0v) is 8.59. The maximum absolute atomic E-state index is 8.80. The van der Waals surface area contributed by atoms with E-state index in [0.717, 1.165) is 16.9 Å². The smallest absolute Gasteiger partial charge is 0.156 e. The van der Waals surface area contributed by atoms with E-state index in [1.807, 2.05) is 25.3 Å². The van der Waals surface area contributed by atoms with Crippen molar-refractivity contribution < 1.29 is 5.11 Å². The lowest BCUT2D eigenvalue weighted by Gasteiger charge is -2.02. The summed E-state index contributed by atoms with van der Waals surface area (Å²) in [5, 5.41) is 13.0. The van der Waals surface area contributed by atoms with Crippen LogP contribution >= 0.6 is 0 Å². The third-order valence-electron chi connectivity index (χ3n) is 2.24. The topological polar surface area (TPSA) is 50.9 Å². The molecular formula is C11H13N3O. The first kappa shape index (κ1) is 9.86. The number of hydrogen-bond donors (Lipinski definition) is 1. The van der Waals surface area contributed by atoms with Crippen LogP contribution in [0.5, 0.6) is 0 Å². The highest BCUT2D eigenvalue weighted by Crippen LogP contribution is 2.10. The van der Waals surface area contributed by atoms with E-state index in [4.69, 9.17) is 5.11 Å². The van der Waals surface area contributed by atoms with Crippen LogP contribution in [0.4, 0.5) is 0 Å². The minimum Gasteiger partial charge on any atom is -0.396 e. The van der Waals surface area contributed by atoms with Crippen molar-refractivity contribution in [1.82, 2.24) is 14.8 Å². The Hall–Kier alpha value is -1.68. The highest BCUT2D eigenvalue weighted by Gasteiger charge is 2.03. The van der Waals surface area contributed by atoms with Gasteiger partial charge in [0.2, 0.25) is 0 Å². The monoisotopic (exact) mass is 203 g/mol. The number of aryl methyl sites for hydroxylation is 1. The van der Waals surface area contributed by atoms with E-state index in [0.29, 0.717) is 6.42 Å². The molecule has 0 saturated heterocycles. The molecule has 0 amide bonds. The first-order valence-corrected chi connectivity index (χ1v) is 4.87. The van der Waals surface area contributed by atoms with Crippen LogP contribution in [-0.2, 0) is 6.42 Å². The van der Waals surface area contributed by atoms with Gasteiger partial charge in [-0.1, -0.05) is 6.07 Å². The van der Waals surface area contributed by atoms with Gasteiger partial charge in [0.25, 0.3) is 0 Å². The predicted molar refractivity (Wildman–Crippen MR) is 56.9 cm³/mol. The second-order valence-corrected chi connectivity index (χ2v) is 3.41. The highest BCUT2D eigenvalue weighted by atomic mass is 16.2. The summed E-state index contributed by atoms with van der Waals surface area (Å²) in [7, 11) is 0. The van der Waals surface area contributed by atoms with E-state index in [1.54, 1.807) is 17.1 Å². The molecule has 2 heterocycles. The maximum atomic E-state index is 8.80. The zero-order chi connectivity index (χ0) is 10.7. The third-order valence-corrected chi connectivity index (χ3v) is 2.24. The van der Waals surface area contributed by atoms with Crippen molar-refractivity contribution in [3.05, 3.63) is 41.9 Å². The Morgan fingerprint density at radius 2 is 2.33 bits per heavy atom. The van der Waals surface area contributed by atoms with Crippen LogP contribution in [0.25, 0.3) is 5.82 Å². The van der Waals surface area contributed by atoms with Crippen molar-refractivity contribution in [3.63, 3.8) is 0 Å². The number of hydrogen-bond acceptors (Lipinski definition) is 3. The Bertz CT molecular complexity index is 451. The van der Waals surface area contributed by atoms with Gasteiger partial charge in [-0.3, -0.25) is 0 Å². The van der Waals surface area contributed by atoms with Crippen molar-refractivity contribution in [2.45, 2.75) is 13.3 Å². The van der Waals surface area contributed by atoms with Crippen LogP contribution in [-0.4, -0.2) is 26.5 Å². The number of nitrogens with zero attached hydrogens (tertiary/aromatic N) is 3. The van der Waals surface area contributed by atoms with E-state index in [2.05, 4.69) is 10.1 Å². The fourth-order valence-electron chi connectivity index (χ4n) is 1.45. The molecule has 15 heavy (non-hydrogen) atoms. The van der Waals surface area contributed by atoms with Crippen LogP contribution in [0.1, 0.15) is 11.1 Å². The summed E-state index contributed by atoms with van der Waals surface area (Å²) >= 11 is 0. The van der Waals surface area contributed by atoms with E-state index in [-0.39, 0.29) is 6.61 Å². The summed E-state index contributed by atoms with van der Waals surface area (Å²) in [6, 6.07) is 3.90. The minimum atomic E-state index is 0.146. The highest BCUT2D eigenvalue weighted by molar-refractivity contribution is 5.31. The van der Waals surface area contributed by atoms with Gasteiger partial charge >= 0.3 is 0 Å². The lowest BCUT2D eigenvalue weighted by Crippen LogP contribution is -2.00. The average Bonchev–Trinajstić information content (AvgIpc) is 2.68. The molecule has 4 heteroatoms. The van der Waals surface area contributed by atoms with Crippen LogP contribution < -0.4 is 0 Å². The Labute approximate surface area is 88.2 Å². The molecule has 4 nitrogen and oxygen atoms in total. The summed E-state index contributed by atoms with van der Waals surface area (Å²) in [6.07, 6.45) is 6.03. The molecule has 0 aliphatic rings. The number of rotatable bonds is 3. The maximum Gasteiger partial charge on any atom is 0.156 e. The number of aromatic nitrogens is 3. The molecule has 0 atom stereocenters. The normalized spacial score (nSPS) is 10.5. The molecule has 0 aliphatic carbocycles. The molecule has 1 N–H and O–H groups in total. The molecule has 0 aromatic carbocycles. The molecule has 0 spiro atoms. The number of pyridine rings is 1. The van der Waals surface area contributed by atoms with Crippen LogP contribution in [0.3, 0.4) is 0 Å². The van der Waals surface area contributed by atoms with Crippen LogP contribution in [0.2, 0.25) is 0 Å². The molecule has 2 aromatic rings. The van der Waals surface area contributed by atoms with Crippen molar-refractivity contribution in [2.24, 2.45) is 0 Å². The summed E-state index contributed by atoms with van der Waals surface area (Å²) in [4.78, 5) is 4.26. The fraction of sp³-hybridized carbons (Fsp3) is 0.273. The SMILES string of the molecule is Cc1cccnc1-n1cc(CCO)cn1. The third kappa shape index (κ3) is 2.05. The van der Waals surface area contributed by atoms with E-state index >= 15 is 0 Å². The molecule has 2 aromatic heterocycles. The van der Waals surface area contributed by atoms with E-state index in [1.165, 1.54) is 0 Å². The first-order chi connectivity index (χ1) is 7.31. The summed E-state index contributed by atoms with van der Waals surface area (Å²) in [5.74, 6) is 0.835.